The van der Waals surface area contributed by atoms with Gasteiger partial charge in [0.1, 0.15) is 6.10 Å². The summed E-state index contributed by atoms with van der Waals surface area (Å²) in [7, 11) is 0. The molecule has 0 N–H and O–H groups in total. The fraction of sp³-hybridized carbons (Fsp3) is 0.921. The van der Waals surface area contributed by atoms with Crippen LogP contribution in [0.4, 0.5) is 0 Å². The molecule has 0 amide bonds. The van der Waals surface area contributed by atoms with Crippen molar-refractivity contribution < 1.29 is 9.53 Å². The number of ether oxygens (including phenoxy) is 1. The Morgan fingerprint density at radius 2 is 1.65 bits per heavy atom. The van der Waals surface area contributed by atoms with E-state index in [0.717, 1.165) is 54.8 Å². The lowest BCUT2D eigenvalue weighted by Gasteiger charge is -2.59. The van der Waals surface area contributed by atoms with Crippen LogP contribution in [0.15, 0.2) is 11.6 Å². The number of fused-ring (bicyclic) bond motifs is 5. The maximum Gasteiger partial charge on any atom is 0.311 e. The average Bonchev–Trinajstić information content (AvgIpc) is 3.35. The van der Waals surface area contributed by atoms with Gasteiger partial charge in [-0.05, 0) is 118 Å². The summed E-state index contributed by atoms with van der Waals surface area (Å²) in [6.45, 7) is 26.6. The van der Waals surface area contributed by atoms with Crippen molar-refractivity contribution >= 4 is 5.97 Å². The van der Waals surface area contributed by atoms with Gasteiger partial charge in [-0.25, -0.2) is 0 Å². The van der Waals surface area contributed by atoms with E-state index in [2.05, 4.69) is 47.6 Å². The monoisotopic (exact) mass is 559 g/mol. The van der Waals surface area contributed by atoms with Gasteiger partial charge in [-0.3, -0.25) is 4.79 Å². The second-order valence-electron chi connectivity index (χ2n) is 14.9. The fourth-order valence-corrected chi connectivity index (χ4v) is 9.64. The minimum absolute atomic E-state index is 0.00204. The quantitative estimate of drug-likeness (QED) is 0.208. The first-order chi connectivity index (χ1) is 19.0. The minimum atomic E-state index is -0.370. The van der Waals surface area contributed by atoms with Crippen molar-refractivity contribution in [2.75, 3.05) is 0 Å². The Kier molecular flexibility index (Phi) is 13.4. The van der Waals surface area contributed by atoms with E-state index in [1.165, 1.54) is 64.2 Å². The minimum Gasteiger partial charge on any atom is -0.462 e. The molecule has 2 nitrogen and oxygen atoms in total. The van der Waals surface area contributed by atoms with Crippen molar-refractivity contribution in [3.8, 4) is 0 Å². The van der Waals surface area contributed by atoms with E-state index in [1.807, 2.05) is 41.5 Å². The summed E-state index contributed by atoms with van der Waals surface area (Å²) < 4.78 is 6.09. The average molecular weight is 559 g/mol. The Bertz CT molecular complexity index is 808. The van der Waals surface area contributed by atoms with Crippen LogP contribution in [0.2, 0.25) is 0 Å². The first kappa shape index (κ1) is 35.4. The highest BCUT2D eigenvalue weighted by Gasteiger charge is 2.60. The third-order valence-corrected chi connectivity index (χ3v) is 12.3. The van der Waals surface area contributed by atoms with Gasteiger partial charge in [0, 0.05) is 6.42 Å². The highest BCUT2D eigenvalue weighted by atomic mass is 16.5. The molecule has 0 heterocycles. The lowest BCUT2D eigenvalue weighted by molar-refractivity contribution is -0.162. The number of allylic oxidation sites excluding steroid dienone is 1. The zero-order chi connectivity index (χ0) is 30.3. The van der Waals surface area contributed by atoms with Gasteiger partial charge < -0.3 is 4.74 Å². The van der Waals surface area contributed by atoms with Crippen molar-refractivity contribution in [3.63, 3.8) is 0 Å². The first-order valence-electron chi connectivity index (χ1n) is 17.9. The van der Waals surface area contributed by atoms with Crippen LogP contribution >= 0.6 is 0 Å². The maximum absolute atomic E-state index is 12.8. The zero-order valence-corrected chi connectivity index (χ0v) is 29.1. The van der Waals surface area contributed by atoms with Crippen molar-refractivity contribution in [2.24, 2.45) is 51.8 Å². The van der Waals surface area contributed by atoms with Crippen molar-refractivity contribution in [3.05, 3.63) is 11.6 Å². The van der Waals surface area contributed by atoms with E-state index in [-0.39, 0.29) is 17.5 Å². The van der Waals surface area contributed by atoms with E-state index >= 15 is 0 Å². The summed E-state index contributed by atoms with van der Waals surface area (Å²) in [5.41, 5.74) is 2.18. The highest BCUT2D eigenvalue weighted by molar-refractivity contribution is 5.76. The Hall–Kier alpha value is -0.790. The van der Waals surface area contributed by atoms with Gasteiger partial charge in [-0.2, -0.15) is 0 Å². The summed E-state index contributed by atoms with van der Waals surface area (Å²) in [6.07, 6.45) is 19.5. The van der Waals surface area contributed by atoms with Gasteiger partial charge in [0.15, 0.2) is 0 Å². The predicted molar refractivity (Wildman–Crippen MR) is 174 cm³/mol. The molecule has 234 valence electrons. The van der Waals surface area contributed by atoms with E-state index in [4.69, 9.17) is 4.74 Å². The molecule has 0 bridgehead atoms. The van der Waals surface area contributed by atoms with Crippen LogP contribution in [-0.4, -0.2) is 12.1 Å². The summed E-state index contributed by atoms with van der Waals surface area (Å²) in [5.74, 6) is 5.29. The number of esters is 1. The van der Waals surface area contributed by atoms with E-state index < -0.39 is 0 Å². The van der Waals surface area contributed by atoms with Crippen LogP contribution in [0, 0.1) is 51.8 Å². The molecule has 3 fully saturated rings. The van der Waals surface area contributed by atoms with Crippen LogP contribution in [0.3, 0.4) is 0 Å². The Labute approximate surface area is 251 Å². The molecule has 2 unspecified atom stereocenters. The Balaban J connectivity index is 0.00000134. The molecular formula is C38H70O2. The van der Waals surface area contributed by atoms with Gasteiger partial charge in [-0.1, -0.05) is 100 Å². The van der Waals surface area contributed by atoms with E-state index in [0.29, 0.717) is 10.8 Å². The summed E-state index contributed by atoms with van der Waals surface area (Å²) in [4.78, 5) is 12.8. The van der Waals surface area contributed by atoms with Crippen LogP contribution in [0.25, 0.3) is 0 Å². The number of carbonyl (C=O) groups is 1. The lowest BCUT2D eigenvalue weighted by atomic mass is 9.46. The molecule has 4 rings (SSSR count). The van der Waals surface area contributed by atoms with Crippen LogP contribution < -0.4 is 0 Å². The third kappa shape index (κ3) is 7.05. The first-order valence-corrected chi connectivity index (χ1v) is 17.9. The van der Waals surface area contributed by atoms with Gasteiger partial charge in [-0.15, -0.1) is 0 Å². The molecule has 0 aromatic heterocycles. The van der Waals surface area contributed by atoms with Gasteiger partial charge in [0.05, 0.1) is 5.41 Å². The molecule has 0 aromatic carbocycles. The molecule has 40 heavy (non-hydrogen) atoms. The Morgan fingerprint density at radius 1 is 0.975 bits per heavy atom. The fourth-order valence-electron chi connectivity index (χ4n) is 9.64. The zero-order valence-electron chi connectivity index (χ0n) is 29.1. The SMILES string of the molecule is CC.CC.CCC(C)(C)C(=O)O[C@H]1CCC2(C)C(=CC[C@@H]3[C@@H]2CCC2(CC)[C@@H]([C@H](C)CCCC(C)C)CC[C@@H]32)C1. The molecule has 3 saturated carbocycles. The molecular weight excluding hydrogens is 488 g/mol. The van der Waals surface area contributed by atoms with Gasteiger partial charge in [0.25, 0.3) is 0 Å². The van der Waals surface area contributed by atoms with Crippen molar-refractivity contribution in [1.29, 1.82) is 0 Å². The standard InChI is InChI=1S/C34H58O2.2C2H6/c1-9-32(6,7)31(35)36-26-18-20-33(8)25(22-26)14-15-27-29(33)19-21-34(10-2)28(16-17-30(27)34)24(5)13-11-12-23(3)4;2*1-2/h14,23-24,26-30H,9-13,15-22H2,1-8H3;2*1-2H3/t24-,26+,27-,28-,29+,30+,33?,34?;;/m1../s1. The number of hydrogen-bond donors (Lipinski definition) is 0. The second kappa shape index (κ2) is 15.1. The van der Waals surface area contributed by atoms with Crippen LogP contribution in [0.1, 0.15) is 167 Å². The van der Waals surface area contributed by atoms with Gasteiger partial charge >= 0.3 is 5.97 Å². The van der Waals surface area contributed by atoms with Crippen LogP contribution in [-0.2, 0) is 9.53 Å². The van der Waals surface area contributed by atoms with Gasteiger partial charge in [0.2, 0.25) is 0 Å². The lowest BCUT2D eigenvalue weighted by Crippen LogP contribution is -2.51. The second-order valence-corrected chi connectivity index (χ2v) is 14.9. The molecule has 2 heteroatoms. The number of hydrogen-bond acceptors (Lipinski definition) is 2. The third-order valence-electron chi connectivity index (χ3n) is 12.3. The van der Waals surface area contributed by atoms with Crippen molar-refractivity contribution in [2.45, 2.75) is 173 Å². The normalized spacial score (nSPS) is 35.5. The molecule has 0 aromatic rings. The number of rotatable bonds is 9. The smallest absolute Gasteiger partial charge is 0.311 e. The topological polar surface area (TPSA) is 26.3 Å². The Morgan fingerprint density at radius 3 is 2.25 bits per heavy atom. The van der Waals surface area contributed by atoms with Crippen molar-refractivity contribution in [1.82, 2.24) is 0 Å². The van der Waals surface area contributed by atoms with Crippen LogP contribution in [0.5, 0.6) is 0 Å². The predicted octanol–water partition coefficient (Wildman–Crippen LogP) is 11.8. The summed E-state index contributed by atoms with van der Waals surface area (Å²) in [5, 5.41) is 0. The van der Waals surface area contributed by atoms with E-state index in [1.54, 1.807) is 5.57 Å². The largest absolute Gasteiger partial charge is 0.462 e. The highest BCUT2D eigenvalue weighted by Crippen LogP contribution is 2.68. The molecule has 0 aliphatic heterocycles. The molecule has 0 saturated heterocycles. The van der Waals surface area contributed by atoms with E-state index in [9.17, 15) is 4.79 Å². The summed E-state index contributed by atoms with van der Waals surface area (Å²) in [6, 6.07) is 0. The molecule has 8 atom stereocenters. The molecule has 4 aliphatic rings. The molecule has 4 aliphatic carbocycles. The maximum atomic E-state index is 12.8. The molecule has 0 spiro atoms. The molecule has 0 radical (unpaired) electrons. The summed E-state index contributed by atoms with van der Waals surface area (Å²) >= 11 is 0. The number of carbonyl (C=O) groups excluding carboxylic acids is 1.